The van der Waals surface area contributed by atoms with Gasteiger partial charge in [0.15, 0.2) is 5.92 Å². The maximum atomic E-state index is 12.8. The van der Waals surface area contributed by atoms with Crippen molar-refractivity contribution >= 4 is 11.6 Å². The zero-order chi connectivity index (χ0) is 13.7. The summed E-state index contributed by atoms with van der Waals surface area (Å²) in [5, 5.41) is 11.7. The summed E-state index contributed by atoms with van der Waals surface area (Å²) < 4.78 is 12.8. The maximum Gasteiger partial charge on any atom is 0.247 e. The molecule has 0 aliphatic carbocycles. The Balaban J connectivity index is 2.16. The Morgan fingerprint density at radius 2 is 2.00 bits per heavy atom. The number of nitrogens with one attached hydrogen (secondary N) is 1. The number of anilines is 1. The first-order valence-electron chi connectivity index (χ1n) is 5.57. The average molecular weight is 255 g/mol. The fourth-order valence-corrected chi connectivity index (χ4v) is 1.55. The van der Waals surface area contributed by atoms with Crippen LogP contribution in [0.3, 0.4) is 0 Å². The molecule has 0 bridgehead atoms. The third-order valence-corrected chi connectivity index (χ3v) is 2.48. The van der Waals surface area contributed by atoms with E-state index in [9.17, 15) is 9.18 Å². The second-order valence-electron chi connectivity index (χ2n) is 3.82. The van der Waals surface area contributed by atoms with Gasteiger partial charge in [-0.1, -0.05) is 18.2 Å². The highest BCUT2D eigenvalue weighted by molar-refractivity contribution is 5.97. The van der Waals surface area contributed by atoms with E-state index in [0.29, 0.717) is 5.69 Å². The molecule has 1 atom stereocenters. The number of carbonyl (C=O) groups is 1. The first-order valence-corrected chi connectivity index (χ1v) is 5.57. The SMILES string of the molecule is N#C[C@H](C(=O)Nc1ccccc1)c1ccc(F)cn1. The van der Waals surface area contributed by atoms with E-state index in [1.54, 1.807) is 24.3 Å². The normalized spacial score (nSPS) is 11.4. The van der Waals surface area contributed by atoms with Crippen LogP contribution in [0, 0.1) is 17.1 Å². The number of carbonyl (C=O) groups excluding carboxylic acids is 1. The Hall–Kier alpha value is -2.74. The number of pyridine rings is 1. The number of amides is 1. The van der Waals surface area contributed by atoms with Crippen molar-refractivity contribution in [1.29, 1.82) is 5.26 Å². The van der Waals surface area contributed by atoms with Gasteiger partial charge in [0.25, 0.3) is 0 Å². The predicted octanol–water partition coefficient (Wildman–Crippen LogP) is 2.47. The minimum atomic E-state index is -1.07. The number of hydrogen-bond acceptors (Lipinski definition) is 3. The fourth-order valence-electron chi connectivity index (χ4n) is 1.55. The van der Waals surface area contributed by atoms with Crippen molar-refractivity contribution in [2.45, 2.75) is 5.92 Å². The predicted molar refractivity (Wildman–Crippen MR) is 67.6 cm³/mol. The van der Waals surface area contributed by atoms with Gasteiger partial charge < -0.3 is 5.32 Å². The lowest BCUT2D eigenvalue weighted by atomic mass is 10.1. The zero-order valence-electron chi connectivity index (χ0n) is 9.88. The number of nitrogens with zero attached hydrogens (tertiary/aromatic N) is 2. The molecule has 0 aliphatic heterocycles. The molecule has 0 unspecified atom stereocenters. The Morgan fingerprint density at radius 3 is 2.58 bits per heavy atom. The maximum absolute atomic E-state index is 12.8. The first kappa shape index (κ1) is 12.7. The lowest BCUT2D eigenvalue weighted by Gasteiger charge is -2.09. The van der Waals surface area contributed by atoms with Gasteiger partial charge in [0.05, 0.1) is 18.0 Å². The van der Waals surface area contributed by atoms with Crippen molar-refractivity contribution in [1.82, 2.24) is 4.98 Å². The van der Waals surface area contributed by atoms with Crippen LogP contribution in [-0.2, 0) is 4.79 Å². The molecule has 4 nitrogen and oxygen atoms in total. The smallest absolute Gasteiger partial charge is 0.247 e. The zero-order valence-corrected chi connectivity index (χ0v) is 9.88. The molecular weight excluding hydrogens is 245 g/mol. The van der Waals surface area contributed by atoms with Gasteiger partial charge in [-0.15, -0.1) is 0 Å². The number of benzene rings is 1. The van der Waals surface area contributed by atoms with Gasteiger partial charge in [-0.2, -0.15) is 5.26 Å². The van der Waals surface area contributed by atoms with E-state index in [2.05, 4.69) is 10.3 Å². The van der Waals surface area contributed by atoms with Gasteiger partial charge >= 0.3 is 0 Å². The van der Waals surface area contributed by atoms with E-state index in [-0.39, 0.29) is 5.69 Å². The highest BCUT2D eigenvalue weighted by Gasteiger charge is 2.21. The average Bonchev–Trinajstić information content (AvgIpc) is 2.43. The van der Waals surface area contributed by atoms with Crippen LogP contribution in [0.4, 0.5) is 10.1 Å². The molecular formula is C14H10FN3O. The molecule has 0 fully saturated rings. The molecule has 1 N–H and O–H groups in total. The van der Waals surface area contributed by atoms with Gasteiger partial charge in [-0.3, -0.25) is 9.78 Å². The molecule has 0 radical (unpaired) electrons. The van der Waals surface area contributed by atoms with Crippen molar-refractivity contribution < 1.29 is 9.18 Å². The Labute approximate surface area is 109 Å². The van der Waals surface area contributed by atoms with Crippen LogP contribution < -0.4 is 5.32 Å². The van der Waals surface area contributed by atoms with Crippen molar-refractivity contribution in [3.8, 4) is 6.07 Å². The summed E-state index contributed by atoms with van der Waals surface area (Å²) in [6.45, 7) is 0. The number of aromatic nitrogens is 1. The lowest BCUT2D eigenvalue weighted by Crippen LogP contribution is -2.20. The van der Waals surface area contributed by atoms with E-state index in [0.717, 1.165) is 6.20 Å². The van der Waals surface area contributed by atoms with Crippen molar-refractivity contribution in [3.05, 3.63) is 60.2 Å². The summed E-state index contributed by atoms with van der Waals surface area (Å²) in [4.78, 5) is 15.7. The standard InChI is InChI=1S/C14H10FN3O/c15-10-6-7-13(17-9-10)12(8-16)14(19)18-11-4-2-1-3-5-11/h1-7,9,12H,(H,18,19)/t12-/m0/s1. The summed E-state index contributed by atoms with van der Waals surface area (Å²) in [5.74, 6) is -2.07. The Morgan fingerprint density at radius 1 is 1.26 bits per heavy atom. The second kappa shape index (κ2) is 5.74. The van der Waals surface area contributed by atoms with Crippen molar-refractivity contribution in [2.24, 2.45) is 0 Å². The van der Waals surface area contributed by atoms with E-state index >= 15 is 0 Å². The van der Waals surface area contributed by atoms with Crippen molar-refractivity contribution in [2.75, 3.05) is 5.32 Å². The van der Waals surface area contributed by atoms with Crippen LogP contribution in [0.1, 0.15) is 11.6 Å². The Bertz CT molecular complexity index is 605. The molecule has 94 valence electrons. The third kappa shape index (κ3) is 3.13. The molecule has 0 aliphatic rings. The summed E-state index contributed by atoms with van der Waals surface area (Å²) in [6, 6.07) is 13.1. The molecule has 1 aromatic carbocycles. The van der Waals surface area contributed by atoms with Gasteiger partial charge in [0.2, 0.25) is 5.91 Å². The first-order chi connectivity index (χ1) is 9.20. The Kier molecular flexibility index (Phi) is 3.84. The monoisotopic (exact) mass is 255 g/mol. The molecule has 0 saturated carbocycles. The summed E-state index contributed by atoms with van der Waals surface area (Å²) in [5.41, 5.74) is 0.812. The van der Waals surface area contributed by atoms with Crippen LogP contribution in [0.2, 0.25) is 0 Å². The van der Waals surface area contributed by atoms with E-state index in [1.807, 2.05) is 12.1 Å². The largest absolute Gasteiger partial charge is 0.325 e. The molecule has 0 spiro atoms. The van der Waals surface area contributed by atoms with E-state index in [1.165, 1.54) is 12.1 Å². The fraction of sp³-hybridized carbons (Fsp3) is 0.0714. The molecule has 1 heterocycles. The number of halogens is 1. The second-order valence-corrected chi connectivity index (χ2v) is 3.82. The molecule has 5 heteroatoms. The highest BCUT2D eigenvalue weighted by Crippen LogP contribution is 2.16. The van der Waals surface area contributed by atoms with Crippen LogP contribution >= 0.6 is 0 Å². The van der Waals surface area contributed by atoms with Crippen LogP contribution in [-0.4, -0.2) is 10.9 Å². The molecule has 2 rings (SSSR count). The number of hydrogen-bond donors (Lipinski definition) is 1. The van der Waals surface area contributed by atoms with Gasteiger partial charge in [0, 0.05) is 5.69 Å². The van der Waals surface area contributed by atoms with Crippen LogP contribution in [0.5, 0.6) is 0 Å². The summed E-state index contributed by atoms with van der Waals surface area (Å²) in [6.07, 6.45) is 0.982. The van der Waals surface area contributed by atoms with E-state index in [4.69, 9.17) is 5.26 Å². The minimum absolute atomic E-state index is 0.220. The van der Waals surface area contributed by atoms with Gasteiger partial charge in [-0.05, 0) is 24.3 Å². The molecule has 19 heavy (non-hydrogen) atoms. The summed E-state index contributed by atoms with van der Waals surface area (Å²) in [7, 11) is 0. The highest BCUT2D eigenvalue weighted by atomic mass is 19.1. The summed E-state index contributed by atoms with van der Waals surface area (Å²) >= 11 is 0. The number of nitriles is 1. The number of para-hydroxylation sites is 1. The van der Waals surface area contributed by atoms with Crippen LogP contribution in [0.25, 0.3) is 0 Å². The quantitative estimate of drug-likeness (QED) is 0.916. The topological polar surface area (TPSA) is 65.8 Å². The molecule has 2 aromatic rings. The molecule has 1 aromatic heterocycles. The van der Waals surface area contributed by atoms with E-state index < -0.39 is 17.6 Å². The minimum Gasteiger partial charge on any atom is -0.325 e. The lowest BCUT2D eigenvalue weighted by molar-refractivity contribution is -0.116. The third-order valence-electron chi connectivity index (χ3n) is 2.48. The van der Waals surface area contributed by atoms with Gasteiger partial charge in [-0.25, -0.2) is 4.39 Å². The van der Waals surface area contributed by atoms with Gasteiger partial charge in [0.1, 0.15) is 5.82 Å². The molecule has 1 amide bonds. The number of rotatable bonds is 3. The van der Waals surface area contributed by atoms with Crippen molar-refractivity contribution in [3.63, 3.8) is 0 Å². The van der Waals surface area contributed by atoms with Crippen LogP contribution in [0.15, 0.2) is 48.7 Å². The molecule has 0 saturated heterocycles.